The fourth-order valence-electron chi connectivity index (χ4n) is 0.821. The summed E-state index contributed by atoms with van der Waals surface area (Å²) in [7, 11) is 0. The molecular formula is C8H5F4NO2. The third kappa shape index (κ3) is 2.58. The number of aromatic hydroxyl groups is 1. The highest BCUT2D eigenvalue weighted by molar-refractivity contribution is 5.96. The Labute approximate surface area is 81.3 Å². The number of benzene rings is 1. The van der Waals surface area contributed by atoms with Crippen LogP contribution in [0.5, 0.6) is 5.75 Å². The molecule has 0 saturated heterocycles. The lowest BCUT2D eigenvalue weighted by Crippen LogP contribution is -2.30. The topological polar surface area (TPSA) is 49.3 Å². The predicted molar refractivity (Wildman–Crippen MR) is 42.7 cm³/mol. The molecule has 1 rings (SSSR count). The first-order valence-corrected chi connectivity index (χ1v) is 3.68. The second kappa shape index (κ2) is 3.76. The third-order valence-electron chi connectivity index (χ3n) is 1.49. The molecule has 0 aromatic heterocycles. The molecule has 0 saturated carbocycles. The van der Waals surface area contributed by atoms with Gasteiger partial charge in [0.15, 0.2) is 5.82 Å². The van der Waals surface area contributed by atoms with E-state index in [4.69, 9.17) is 5.11 Å². The van der Waals surface area contributed by atoms with Crippen LogP contribution in [0.15, 0.2) is 18.2 Å². The molecule has 2 N–H and O–H groups in total. The van der Waals surface area contributed by atoms with Crippen LogP contribution < -0.4 is 5.32 Å². The van der Waals surface area contributed by atoms with E-state index in [1.807, 2.05) is 0 Å². The number of hydrogen-bond donors (Lipinski definition) is 2. The van der Waals surface area contributed by atoms with Crippen LogP contribution in [0.1, 0.15) is 0 Å². The standard InChI is InChI=1S/C8H5F4NO2/c9-4-2-1-3-5(14)6(4)13-7(15)8(10,11)12/h1-3,14H,(H,13,15). The van der Waals surface area contributed by atoms with Gasteiger partial charge in [-0.05, 0) is 12.1 Å². The van der Waals surface area contributed by atoms with Crippen LogP contribution in [0.2, 0.25) is 0 Å². The molecule has 0 bridgehead atoms. The molecular weight excluding hydrogens is 218 g/mol. The highest BCUT2D eigenvalue weighted by atomic mass is 19.4. The van der Waals surface area contributed by atoms with Crippen LogP contribution in [-0.2, 0) is 4.79 Å². The average Bonchev–Trinajstić information content (AvgIpc) is 2.09. The summed E-state index contributed by atoms with van der Waals surface area (Å²) in [6.07, 6.45) is -5.13. The fourth-order valence-corrected chi connectivity index (χ4v) is 0.821. The number of phenolic OH excluding ortho intramolecular Hbond substituents is 1. The summed E-state index contributed by atoms with van der Waals surface area (Å²) >= 11 is 0. The number of rotatable bonds is 1. The van der Waals surface area contributed by atoms with Crippen LogP contribution in [0.4, 0.5) is 23.2 Å². The molecule has 0 radical (unpaired) electrons. The van der Waals surface area contributed by atoms with Gasteiger partial charge in [0.1, 0.15) is 11.4 Å². The number of nitrogens with one attached hydrogen (secondary N) is 1. The van der Waals surface area contributed by atoms with Crippen molar-refractivity contribution >= 4 is 11.6 Å². The maximum atomic E-state index is 12.9. The highest BCUT2D eigenvalue weighted by Gasteiger charge is 2.39. The zero-order valence-electron chi connectivity index (χ0n) is 7.10. The van der Waals surface area contributed by atoms with E-state index < -0.39 is 29.3 Å². The van der Waals surface area contributed by atoms with Crippen LogP contribution in [0.25, 0.3) is 0 Å². The fraction of sp³-hybridized carbons (Fsp3) is 0.125. The van der Waals surface area contributed by atoms with Gasteiger partial charge in [-0.25, -0.2) is 4.39 Å². The van der Waals surface area contributed by atoms with E-state index in [2.05, 4.69) is 0 Å². The van der Waals surface area contributed by atoms with Crippen LogP contribution in [0.3, 0.4) is 0 Å². The number of alkyl halides is 3. The molecule has 0 aliphatic carbocycles. The molecule has 1 aromatic rings. The van der Waals surface area contributed by atoms with Gasteiger partial charge in [-0.15, -0.1) is 0 Å². The number of phenols is 1. The maximum Gasteiger partial charge on any atom is 0.471 e. The molecule has 3 nitrogen and oxygen atoms in total. The van der Waals surface area contributed by atoms with Gasteiger partial charge < -0.3 is 10.4 Å². The predicted octanol–water partition coefficient (Wildman–Crippen LogP) is 2.03. The molecule has 0 heterocycles. The number of amides is 1. The number of halogens is 4. The van der Waals surface area contributed by atoms with Crippen molar-refractivity contribution in [3.05, 3.63) is 24.0 Å². The highest BCUT2D eigenvalue weighted by Crippen LogP contribution is 2.27. The summed E-state index contributed by atoms with van der Waals surface area (Å²) in [5.74, 6) is -4.26. The van der Waals surface area contributed by atoms with Gasteiger partial charge >= 0.3 is 12.1 Å². The van der Waals surface area contributed by atoms with Crippen molar-refractivity contribution in [2.75, 3.05) is 5.32 Å². The molecule has 1 amide bonds. The molecule has 0 fully saturated rings. The average molecular weight is 223 g/mol. The summed E-state index contributed by atoms with van der Waals surface area (Å²) in [6, 6.07) is 2.86. The van der Waals surface area contributed by atoms with Gasteiger partial charge in [-0.2, -0.15) is 13.2 Å². The second-order valence-electron chi connectivity index (χ2n) is 2.59. The van der Waals surface area contributed by atoms with Crippen LogP contribution in [0, 0.1) is 5.82 Å². The Morgan fingerprint density at radius 3 is 2.40 bits per heavy atom. The molecule has 0 unspecified atom stereocenters. The minimum Gasteiger partial charge on any atom is -0.506 e. The summed E-state index contributed by atoms with van der Waals surface area (Å²) in [6.45, 7) is 0. The van der Waals surface area contributed by atoms with Gasteiger partial charge in [-0.3, -0.25) is 4.79 Å². The summed E-state index contributed by atoms with van der Waals surface area (Å²) in [4.78, 5) is 10.4. The van der Waals surface area contributed by atoms with Crippen molar-refractivity contribution in [2.24, 2.45) is 0 Å². The molecule has 7 heteroatoms. The molecule has 0 atom stereocenters. The lowest BCUT2D eigenvalue weighted by molar-refractivity contribution is -0.167. The Morgan fingerprint density at radius 1 is 1.33 bits per heavy atom. The minimum atomic E-state index is -5.13. The van der Waals surface area contributed by atoms with E-state index in [1.54, 1.807) is 0 Å². The lowest BCUT2D eigenvalue weighted by atomic mass is 10.2. The molecule has 0 spiro atoms. The smallest absolute Gasteiger partial charge is 0.471 e. The monoisotopic (exact) mass is 223 g/mol. The number of anilines is 1. The third-order valence-corrected chi connectivity index (χ3v) is 1.49. The summed E-state index contributed by atoms with van der Waals surface area (Å²) in [5, 5.41) is 10.2. The summed E-state index contributed by atoms with van der Waals surface area (Å²) in [5.41, 5.74) is -0.889. The first-order chi connectivity index (χ1) is 6.82. The van der Waals surface area contributed by atoms with Crippen molar-refractivity contribution in [3.8, 4) is 5.75 Å². The second-order valence-corrected chi connectivity index (χ2v) is 2.59. The first kappa shape index (κ1) is 11.3. The van der Waals surface area contributed by atoms with Crippen molar-refractivity contribution in [1.29, 1.82) is 0 Å². The van der Waals surface area contributed by atoms with E-state index in [0.717, 1.165) is 18.2 Å². The number of carbonyl (C=O) groups excluding carboxylic acids is 1. The van der Waals surface area contributed by atoms with Crippen molar-refractivity contribution in [2.45, 2.75) is 6.18 Å². The molecule has 15 heavy (non-hydrogen) atoms. The van der Waals surface area contributed by atoms with E-state index in [1.165, 1.54) is 5.32 Å². The van der Waals surface area contributed by atoms with Gasteiger partial charge in [0.25, 0.3) is 0 Å². The van der Waals surface area contributed by atoms with Gasteiger partial charge in [0, 0.05) is 0 Å². The molecule has 82 valence electrons. The SMILES string of the molecule is O=C(Nc1c(O)cccc1F)C(F)(F)F. The number of hydrogen-bond acceptors (Lipinski definition) is 2. The Balaban J connectivity index is 2.95. The van der Waals surface area contributed by atoms with Crippen LogP contribution in [-0.4, -0.2) is 17.2 Å². The quantitative estimate of drug-likeness (QED) is 0.565. The van der Waals surface area contributed by atoms with Gasteiger partial charge in [0.2, 0.25) is 0 Å². The Kier molecular flexibility index (Phi) is 2.83. The van der Waals surface area contributed by atoms with E-state index in [9.17, 15) is 22.4 Å². The molecule has 0 aliphatic rings. The van der Waals surface area contributed by atoms with Crippen LogP contribution >= 0.6 is 0 Å². The van der Waals surface area contributed by atoms with Gasteiger partial charge in [-0.1, -0.05) is 6.07 Å². The normalized spacial score (nSPS) is 11.2. The van der Waals surface area contributed by atoms with E-state index in [0.29, 0.717) is 0 Å². The lowest BCUT2D eigenvalue weighted by Gasteiger charge is -2.09. The Bertz CT molecular complexity index is 368. The molecule has 1 aromatic carbocycles. The van der Waals surface area contributed by atoms with Gasteiger partial charge in [0.05, 0.1) is 0 Å². The maximum absolute atomic E-state index is 12.9. The first-order valence-electron chi connectivity index (χ1n) is 3.68. The van der Waals surface area contributed by atoms with E-state index in [-0.39, 0.29) is 0 Å². The van der Waals surface area contributed by atoms with Crippen molar-refractivity contribution in [1.82, 2.24) is 0 Å². The van der Waals surface area contributed by atoms with Crippen molar-refractivity contribution < 1.29 is 27.5 Å². The Hall–Kier alpha value is -1.79. The Morgan fingerprint density at radius 2 is 1.93 bits per heavy atom. The number of para-hydroxylation sites is 1. The zero-order chi connectivity index (χ0) is 11.6. The zero-order valence-corrected chi connectivity index (χ0v) is 7.10. The van der Waals surface area contributed by atoms with Crippen molar-refractivity contribution in [3.63, 3.8) is 0 Å². The largest absolute Gasteiger partial charge is 0.506 e. The van der Waals surface area contributed by atoms with E-state index >= 15 is 0 Å². The summed E-state index contributed by atoms with van der Waals surface area (Å²) < 4.78 is 48.2. The molecule has 0 aliphatic heterocycles. The number of carbonyl (C=O) groups is 1. The minimum absolute atomic E-state index is 0.771.